The van der Waals surface area contributed by atoms with E-state index < -0.39 is 10.0 Å². The van der Waals surface area contributed by atoms with Gasteiger partial charge in [0.15, 0.2) is 0 Å². The van der Waals surface area contributed by atoms with Crippen LogP contribution in [-0.4, -0.2) is 35.2 Å². The lowest BCUT2D eigenvalue weighted by molar-refractivity contribution is 0.157. The standard InChI is InChI=1S/C14H24N2O3S/c1-11(2)14(10-19-4)16-20(17,18)13-7-5-6-12(8-13)9-15-3/h5-8,11,14-16H,9-10H2,1-4H3. The maximum Gasteiger partial charge on any atom is 0.240 e. The van der Waals surface area contributed by atoms with Crippen LogP contribution >= 0.6 is 0 Å². The Morgan fingerprint density at radius 1 is 1.30 bits per heavy atom. The third kappa shape index (κ3) is 4.86. The molecule has 0 saturated carbocycles. The Kier molecular flexibility index (Phi) is 6.61. The molecule has 1 rings (SSSR count). The summed E-state index contributed by atoms with van der Waals surface area (Å²) in [7, 11) is -0.132. The number of ether oxygens (including phenoxy) is 1. The van der Waals surface area contributed by atoms with Crippen molar-refractivity contribution < 1.29 is 13.2 Å². The summed E-state index contributed by atoms with van der Waals surface area (Å²) in [6.07, 6.45) is 0. The summed E-state index contributed by atoms with van der Waals surface area (Å²) in [5, 5.41) is 3.01. The number of methoxy groups -OCH3 is 1. The van der Waals surface area contributed by atoms with Gasteiger partial charge in [0.1, 0.15) is 0 Å². The lowest BCUT2D eigenvalue weighted by Gasteiger charge is -2.21. The number of hydrogen-bond donors (Lipinski definition) is 2. The molecule has 0 fully saturated rings. The topological polar surface area (TPSA) is 67.4 Å². The third-order valence-electron chi connectivity index (χ3n) is 3.05. The Labute approximate surface area is 121 Å². The zero-order valence-electron chi connectivity index (χ0n) is 12.5. The van der Waals surface area contributed by atoms with Crippen LogP contribution in [0.15, 0.2) is 29.2 Å². The maximum atomic E-state index is 12.4. The number of benzene rings is 1. The van der Waals surface area contributed by atoms with E-state index in [1.54, 1.807) is 25.3 Å². The Bertz CT molecular complexity index is 515. The molecule has 1 unspecified atom stereocenters. The van der Waals surface area contributed by atoms with Crippen LogP contribution in [0.3, 0.4) is 0 Å². The highest BCUT2D eigenvalue weighted by Crippen LogP contribution is 2.14. The first-order valence-electron chi connectivity index (χ1n) is 6.65. The highest BCUT2D eigenvalue weighted by molar-refractivity contribution is 7.89. The zero-order valence-corrected chi connectivity index (χ0v) is 13.3. The summed E-state index contributed by atoms with van der Waals surface area (Å²) in [5.41, 5.74) is 0.934. The summed E-state index contributed by atoms with van der Waals surface area (Å²) in [6.45, 7) is 4.91. The van der Waals surface area contributed by atoms with Crippen molar-refractivity contribution in [1.29, 1.82) is 0 Å². The van der Waals surface area contributed by atoms with Crippen LogP contribution in [-0.2, 0) is 21.3 Å². The first-order valence-corrected chi connectivity index (χ1v) is 8.14. The number of hydrogen-bond acceptors (Lipinski definition) is 4. The number of sulfonamides is 1. The Hall–Kier alpha value is -0.950. The maximum absolute atomic E-state index is 12.4. The molecule has 0 aliphatic carbocycles. The molecule has 0 spiro atoms. The van der Waals surface area contributed by atoms with Crippen molar-refractivity contribution in [3.63, 3.8) is 0 Å². The van der Waals surface area contributed by atoms with Gasteiger partial charge in [0.25, 0.3) is 0 Å². The molecule has 0 bridgehead atoms. The molecule has 0 saturated heterocycles. The van der Waals surface area contributed by atoms with Gasteiger partial charge in [-0.25, -0.2) is 13.1 Å². The molecule has 0 aliphatic heterocycles. The van der Waals surface area contributed by atoms with E-state index in [9.17, 15) is 8.42 Å². The van der Waals surface area contributed by atoms with Crippen LogP contribution in [0.5, 0.6) is 0 Å². The van der Waals surface area contributed by atoms with Gasteiger partial charge in [-0.05, 0) is 30.7 Å². The molecule has 114 valence electrons. The minimum Gasteiger partial charge on any atom is -0.383 e. The summed E-state index contributed by atoms with van der Waals surface area (Å²) >= 11 is 0. The average Bonchev–Trinajstić information content (AvgIpc) is 2.38. The van der Waals surface area contributed by atoms with E-state index in [4.69, 9.17) is 4.74 Å². The molecule has 0 amide bonds. The van der Waals surface area contributed by atoms with Gasteiger partial charge >= 0.3 is 0 Å². The fourth-order valence-electron chi connectivity index (χ4n) is 1.84. The highest BCUT2D eigenvalue weighted by Gasteiger charge is 2.22. The van der Waals surface area contributed by atoms with Crippen molar-refractivity contribution in [3.8, 4) is 0 Å². The van der Waals surface area contributed by atoms with Gasteiger partial charge in [0.05, 0.1) is 11.5 Å². The van der Waals surface area contributed by atoms with Gasteiger partial charge in [0, 0.05) is 19.7 Å². The Morgan fingerprint density at radius 3 is 2.55 bits per heavy atom. The smallest absolute Gasteiger partial charge is 0.240 e. The molecule has 0 radical (unpaired) electrons. The van der Waals surface area contributed by atoms with Gasteiger partial charge in [-0.2, -0.15) is 0 Å². The largest absolute Gasteiger partial charge is 0.383 e. The lowest BCUT2D eigenvalue weighted by Crippen LogP contribution is -2.41. The van der Waals surface area contributed by atoms with E-state index in [2.05, 4.69) is 10.0 Å². The van der Waals surface area contributed by atoms with Crippen molar-refractivity contribution in [2.45, 2.75) is 31.3 Å². The highest BCUT2D eigenvalue weighted by atomic mass is 32.2. The predicted molar refractivity (Wildman–Crippen MR) is 80.0 cm³/mol. The molecule has 6 heteroatoms. The van der Waals surface area contributed by atoms with Crippen LogP contribution in [0, 0.1) is 5.92 Å². The van der Waals surface area contributed by atoms with Crippen molar-refractivity contribution >= 4 is 10.0 Å². The quantitative estimate of drug-likeness (QED) is 0.760. The van der Waals surface area contributed by atoms with E-state index in [1.165, 1.54) is 0 Å². The predicted octanol–water partition coefficient (Wildman–Crippen LogP) is 1.36. The summed E-state index contributed by atoms with van der Waals surface area (Å²) in [5.74, 6) is 0.158. The van der Waals surface area contributed by atoms with Crippen LogP contribution in [0.1, 0.15) is 19.4 Å². The summed E-state index contributed by atoms with van der Waals surface area (Å²) in [6, 6.07) is 6.69. The fourth-order valence-corrected chi connectivity index (χ4v) is 3.28. The first kappa shape index (κ1) is 17.1. The minimum atomic E-state index is -3.53. The van der Waals surface area contributed by atoms with Crippen molar-refractivity contribution in [2.75, 3.05) is 20.8 Å². The monoisotopic (exact) mass is 300 g/mol. The molecule has 1 aromatic carbocycles. The van der Waals surface area contributed by atoms with Gasteiger partial charge in [-0.15, -0.1) is 0 Å². The molecule has 20 heavy (non-hydrogen) atoms. The van der Waals surface area contributed by atoms with Gasteiger partial charge in [-0.3, -0.25) is 0 Å². The number of nitrogens with one attached hydrogen (secondary N) is 2. The van der Waals surface area contributed by atoms with Crippen molar-refractivity contribution in [2.24, 2.45) is 5.92 Å². The van der Waals surface area contributed by atoms with E-state index in [0.717, 1.165) is 5.56 Å². The molecular weight excluding hydrogens is 276 g/mol. The number of rotatable bonds is 8. The van der Waals surface area contributed by atoms with E-state index in [-0.39, 0.29) is 16.9 Å². The molecule has 5 nitrogen and oxygen atoms in total. The van der Waals surface area contributed by atoms with Crippen LogP contribution < -0.4 is 10.0 Å². The SMILES string of the molecule is CNCc1cccc(S(=O)(=O)NC(COC)C(C)C)c1. The zero-order chi connectivity index (χ0) is 15.2. The van der Waals surface area contributed by atoms with E-state index in [0.29, 0.717) is 13.2 Å². The normalized spacial score (nSPS) is 13.7. The van der Waals surface area contributed by atoms with Crippen molar-refractivity contribution in [3.05, 3.63) is 29.8 Å². The fraction of sp³-hybridized carbons (Fsp3) is 0.571. The summed E-state index contributed by atoms with van der Waals surface area (Å²) < 4.78 is 32.6. The van der Waals surface area contributed by atoms with Crippen molar-refractivity contribution in [1.82, 2.24) is 10.0 Å². The van der Waals surface area contributed by atoms with E-state index >= 15 is 0 Å². The summed E-state index contributed by atoms with van der Waals surface area (Å²) in [4.78, 5) is 0.284. The average molecular weight is 300 g/mol. The van der Waals surface area contributed by atoms with Crippen LogP contribution in [0.2, 0.25) is 0 Å². The minimum absolute atomic E-state index is 0.158. The molecule has 0 heterocycles. The second-order valence-electron chi connectivity index (χ2n) is 5.10. The lowest BCUT2D eigenvalue weighted by atomic mass is 10.1. The van der Waals surface area contributed by atoms with Crippen LogP contribution in [0.4, 0.5) is 0 Å². The van der Waals surface area contributed by atoms with Crippen LogP contribution in [0.25, 0.3) is 0 Å². The Balaban J connectivity index is 2.94. The third-order valence-corrected chi connectivity index (χ3v) is 4.53. The second kappa shape index (κ2) is 7.73. The van der Waals surface area contributed by atoms with E-state index in [1.807, 2.05) is 27.0 Å². The molecule has 0 aromatic heterocycles. The molecule has 2 N–H and O–H groups in total. The Morgan fingerprint density at radius 2 is 2.00 bits per heavy atom. The second-order valence-corrected chi connectivity index (χ2v) is 6.82. The molecule has 1 aromatic rings. The molecular formula is C14H24N2O3S. The van der Waals surface area contributed by atoms with Gasteiger partial charge in [-0.1, -0.05) is 26.0 Å². The molecule has 1 atom stereocenters. The van der Waals surface area contributed by atoms with Gasteiger partial charge < -0.3 is 10.1 Å². The van der Waals surface area contributed by atoms with Gasteiger partial charge in [0.2, 0.25) is 10.0 Å². The first-order chi connectivity index (χ1) is 9.40. The molecule has 0 aliphatic rings.